The molecule has 0 aliphatic carbocycles. The molecule has 0 aliphatic heterocycles. The summed E-state index contributed by atoms with van der Waals surface area (Å²) in [5, 5.41) is 0. The molecule has 19 heavy (non-hydrogen) atoms. The Balaban J connectivity index is 2.19. The van der Waals surface area contributed by atoms with E-state index in [1.807, 2.05) is 24.1 Å². The van der Waals surface area contributed by atoms with Crippen molar-refractivity contribution in [3.8, 4) is 0 Å². The minimum absolute atomic E-state index is 0.390. The highest BCUT2D eigenvalue weighted by atomic mass is 79.9. The van der Waals surface area contributed by atoms with Crippen molar-refractivity contribution >= 4 is 43.6 Å². The number of nitrogens with one attached hydrogen (secondary N) is 1. The Morgan fingerprint density at radius 3 is 2.58 bits per heavy atom. The number of hydrogen-bond acceptors (Lipinski definition) is 5. The van der Waals surface area contributed by atoms with Gasteiger partial charge < -0.3 is 4.90 Å². The summed E-state index contributed by atoms with van der Waals surface area (Å²) in [5.41, 5.74) is 3.64. The van der Waals surface area contributed by atoms with Crippen LogP contribution in [0.4, 0.5) is 11.8 Å². The van der Waals surface area contributed by atoms with Crippen molar-refractivity contribution in [3.05, 3.63) is 45.0 Å². The summed E-state index contributed by atoms with van der Waals surface area (Å²) < 4.78 is 1.89. The number of nitrogen functional groups attached to an aromatic ring is 1. The lowest BCUT2D eigenvalue weighted by molar-refractivity contribution is 0.886. The SMILES string of the molecule is CN(Cc1ccc(Br)cc1)c1nc(NN)ncc1Br. The predicted octanol–water partition coefficient (Wildman–Crippen LogP) is 2.92. The third-order valence-corrected chi connectivity index (χ3v) is 3.64. The molecular formula is C12H13Br2N5. The fraction of sp³-hybridized carbons (Fsp3) is 0.167. The number of benzene rings is 1. The van der Waals surface area contributed by atoms with Crippen molar-refractivity contribution in [1.29, 1.82) is 0 Å². The Bertz CT molecular complexity index is 559. The molecule has 1 heterocycles. The third kappa shape index (κ3) is 3.65. The number of anilines is 2. The van der Waals surface area contributed by atoms with E-state index in [4.69, 9.17) is 5.84 Å². The summed E-state index contributed by atoms with van der Waals surface area (Å²) in [7, 11) is 1.97. The molecule has 0 spiro atoms. The third-order valence-electron chi connectivity index (χ3n) is 2.55. The highest BCUT2D eigenvalue weighted by Gasteiger charge is 2.10. The second kappa shape index (κ2) is 6.31. The van der Waals surface area contributed by atoms with Gasteiger partial charge >= 0.3 is 0 Å². The monoisotopic (exact) mass is 385 g/mol. The molecule has 0 fully saturated rings. The average Bonchev–Trinajstić information content (AvgIpc) is 2.42. The Morgan fingerprint density at radius 1 is 1.26 bits per heavy atom. The number of hydrazine groups is 1. The number of hydrogen-bond donors (Lipinski definition) is 2. The molecule has 0 atom stereocenters. The second-order valence-electron chi connectivity index (χ2n) is 3.99. The van der Waals surface area contributed by atoms with Gasteiger partial charge in [0.05, 0.1) is 4.47 Å². The van der Waals surface area contributed by atoms with Gasteiger partial charge in [-0.3, -0.25) is 5.43 Å². The molecule has 7 heteroatoms. The molecule has 2 aromatic rings. The fourth-order valence-electron chi connectivity index (χ4n) is 1.63. The van der Waals surface area contributed by atoms with Crippen LogP contribution < -0.4 is 16.2 Å². The average molecular weight is 387 g/mol. The van der Waals surface area contributed by atoms with Gasteiger partial charge in [-0.15, -0.1) is 0 Å². The topological polar surface area (TPSA) is 67.1 Å². The van der Waals surface area contributed by atoms with E-state index < -0.39 is 0 Å². The van der Waals surface area contributed by atoms with Gasteiger partial charge in [0.15, 0.2) is 0 Å². The molecule has 0 aliphatic rings. The number of rotatable bonds is 4. The van der Waals surface area contributed by atoms with Gasteiger partial charge in [-0.1, -0.05) is 28.1 Å². The summed E-state index contributed by atoms with van der Waals surface area (Å²) in [6.07, 6.45) is 1.68. The van der Waals surface area contributed by atoms with Crippen LogP contribution in [0.25, 0.3) is 0 Å². The van der Waals surface area contributed by atoms with E-state index in [1.165, 1.54) is 5.56 Å². The summed E-state index contributed by atoms with van der Waals surface area (Å²) in [5.74, 6) is 6.50. The van der Waals surface area contributed by atoms with E-state index in [-0.39, 0.29) is 0 Å². The highest BCUT2D eigenvalue weighted by Crippen LogP contribution is 2.24. The smallest absolute Gasteiger partial charge is 0.239 e. The van der Waals surface area contributed by atoms with E-state index in [0.29, 0.717) is 5.95 Å². The van der Waals surface area contributed by atoms with Gasteiger partial charge in [0.25, 0.3) is 0 Å². The zero-order chi connectivity index (χ0) is 13.8. The van der Waals surface area contributed by atoms with Crippen LogP contribution in [0.3, 0.4) is 0 Å². The van der Waals surface area contributed by atoms with Crippen molar-refractivity contribution in [1.82, 2.24) is 9.97 Å². The molecular weight excluding hydrogens is 374 g/mol. The van der Waals surface area contributed by atoms with Gasteiger partial charge in [-0.2, -0.15) is 4.98 Å². The molecule has 5 nitrogen and oxygen atoms in total. The van der Waals surface area contributed by atoms with Crippen LogP contribution in [0.2, 0.25) is 0 Å². The van der Waals surface area contributed by atoms with E-state index in [0.717, 1.165) is 21.3 Å². The first kappa shape index (κ1) is 14.2. The molecule has 0 radical (unpaired) electrons. The molecule has 0 unspecified atom stereocenters. The molecule has 2 rings (SSSR count). The highest BCUT2D eigenvalue weighted by molar-refractivity contribution is 9.10. The van der Waals surface area contributed by atoms with Crippen molar-refractivity contribution in [3.63, 3.8) is 0 Å². The van der Waals surface area contributed by atoms with Gasteiger partial charge in [0.2, 0.25) is 5.95 Å². The first-order chi connectivity index (χ1) is 9.10. The van der Waals surface area contributed by atoms with Gasteiger partial charge in [0, 0.05) is 24.3 Å². The van der Waals surface area contributed by atoms with Crippen molar-refractivity contribution < 1.29 is 0 Å². The quantitative estimate of drug-likeness (QED) is 0.624. The van der Waals surface area contributed by atoms with Crippen LogP contribution in [0.1, 0.15) is 5.56 Å². The summed E-state index contributed by atoms with van der Waals surface area (Å²) in [4.78, 5) is 10.4. The first-order valence-corrected chi connectivity index (χ1v) is 7.13. The van der Waals surface area contributed by atoms with Crippen molar-refractivity contribution in [2.45, 2.75) is 6.54 Å². The minimum Gasteiger partial charge on any atom is -0.354 e. The zero-order valence-corrected chi connectivity index (χ0v) is 13.4. The molecule has 1 aromatic heterocycles. The van der Waals surface area contributed by atoms with Crippen LogP contribution in [0.15, 0.2) is 39.4 Å². The molecule has 100 valence electrons. The van der Waals surface area contributed by atoms with Gasteiger partial charge in [0.1, 0.15) is 5.82 Å². The molecule has 0 saturated carbocycles. The Hall–Kier alpha value is -1.18. The first-order valence-electron chi connectivity index (χ1n) is 5.55. The maximum atomic E-state index is 5.32. The maximum absolute atomic E-state index is 5.32. The molecule has 0 saturated heterocycles. The van der Waals surface area contributed by atoms with E-state index in [1.54, 1.807) is 6.20 Å². The van der Waals surface area contributed by atoms with Gasteiger partial charge in [-0.05, 0) is 33.6 Å². The molecule has 0 amide bonds. The lowest BCUT2D eigenvalue weighted by atomic mass is 10.2. The van der Waals surface area contributed by atoms with Crippen LogP contribution in [0, 0.1) is 0 Å². The maximum Gasteiger partial charge on any atom is 0.239 e. The summed E-state index contributed by atoms with van der Waals surface area (Å²) in [6.45, 7) is 0.743. The molecule has 3 N–H and O–H groups in total. The van der Waals surface area contributed by atoms with Gasteiger partial charge in [-0.25, -0.2) is 10.8 Å². The van der Waals surface area contributed by atoms with Crippen molar-refractivity contribution in [2.24, 2.45) is 5.84 Å². The normalized spacial score (nSPS) is 10.3. The molecule has 0 bridgehead atoms. The molecule has 1 aromatic carbocycles. The van der Waals surface area contributed by atoms with Crippen LogP contribution in [0.5, 0.6) is 0 Å². The van der Waals surface area contributed by atoms with E-state index in [2.05, 4.69) is 59.4 Å². The number of nitrogens with zero attached hydrogens (tertiary/aromatic N) is 3. The van der Waals surface area contributed by atoms with Crippen molar-refractivity contribution in [2.75, 3.05) is 17.4 Å². The number of nitrogens with two attached hydrogens (primary N) is 1. The Labute approximate surface area is 128 Å². The minimum atomic E-state index is 0.390. The second-order valence-corrected chi connectivity index (χ2v) is 5.76. The predicted molar refractivity (Wildman–Crippen MR) is 83.8 cm³/mol. The van der Waals surface area contributed by atoms with E-state index in [9.17, 15) is 0 Å². The number of aromatic nitrogens is 2. The van der Waals surface area contributed by atoms with Crippen LogP contribution in [-0.2, 0) is 6.54 Å². The van der Waals surface area contributed by atoms with Crippen LogP contribution in [-0.4, -0.2) is 17.0 Å². The van der Waals surface area contributed by atoms with Crippen LogP contribution >= 0.6 is 31.9 Å². The Kier molecular flexibility index (Phi) is 4.73. The largest absolute Gasteiger partial charge is 0.354 e. The van der Waals surface area contributed by atoms with E-state index >= 15 is 0 Å². The standard InChI is InChI=1S/C12H13Br2N5/c1-19(7-8-2-4-9(13)5-3-8)11-10(14)6-16-12(17-11)18-15/h2-6H,7,15H2,1H3,(H,16,17,18). The zero-order valence-electron chi connectivity index (χ0n) is 10.3. The fourth-order valence-corrected chi connectivity index (χ4v) is 2.39. The lowest BCUT2D eigenvalue weighted by Crippen LogP contribution is -2.20. The Morgan fingerprint density at radius 2 is 1.95 bits per heavy atom. The summed E-state index contributed by atoms with van der Waals surface area (Å²) in [6, 6.07) is 8.17. The number of halogens is 2. The summed E-state index contributed by atoms with van der Waals surface area (Å²) >= 11 is 6.87. The lowest BCUT2D eigenvalue weighted by Gasteiger charge is -2.20.